The van der Waals surface area contributed by atoms with Gasteiger partial charge in [-0.15, -0.1) is 0 Å². The van der Waals surface area contributed by atoms with E-state index in [0.29, 0.717) is 6.10 Å². The van der Waals surface area contributed by atoms with E-state index >= 15 is 0 Å². The number of pyridine rings is 1. The molecule has 1 unspecified atom stereocenters. The van der Waals surface area contributed by atoms with Crippen molar-refractivity contribution in [2.75, 3.05) is 18.5 Å². The van der Waals surface area contributed by atoms with Gasteiger partial charge in [0.2, 0.25) is 0 Å². The number of rotatable bonds is 4. The van der Waals surface area contributed by atoms with E-state index in [1.807, 2.05) is 19.1 Å². The molecule has 0 spiro atoms. The van der Waals surface area contributed by atoms with Crippen LogP contribution in [-0.4, -0.2) is 24.2 Å². The quantitative estimate of drug-likeness (QED) is 0.922. The van der Waals surface area contributed by atoms with Gasteiger partial charge in [0.1, 0.15) is 5.82 Å². The molecule has 16 heavy (non-hydrogen) atoms. The van der Waals surface area contributed by atoms with Crippen molar-refractivity contribution in [1.82, 2.24) is 4.98 Å². The molecule has 0 bridgehead atoms. The van der Waals surface area contributed by atoms with Crippen LogP contribution in [0.15, 0.2) is 16.6 Å². The van der Waals surface area contributed by atoms with E-state index < -0.39 is 0 Å². The Hall–Kier alpha value is -0.610. The van der Waals surface area contributed by atoms with Crippen LogP contribution in [0.1, 0.15) is 25.0 Å². The molecular weight excluding hydrogens is 268 g/mol. The monoisotopic (exact) mass is 284 g/mol. The lowest BCUT2D eigenvalue weighted by molar-refractivity contribution is 0.107. The van der Waals surface area contributed by atoms with Gasteiger partial charge in [-0.25, -0.2) is 4.98 Å². The highest BCUT2D eigenvalue weighted by atomic mass is 79.9. The van der Waals surface area contributed by atoms with Crippen LogP contribution in [0.4, 0.5) is 5.82 Å². The molecule has 1 aliphatic rings. The highest BCUT2D eigenvalue weighted by Gasteiger charge is 2.14. The van der Waals surface area contributed by atoms with E-state index in [2.05, 4.69) is 26.2 Å². The summed E-state index contributed by atoms with van der Waals surface area (Å²) in [5.74, 6) is 0.943. The molecule has 0 amide bonds. The second-order valence-electron chi connectivity index (χ2n) is 4.11. The van der Waals surface area contributed by atoms with Crippen LogP contribution in [0.25, 0.3) is 0 Å². The Morgan fingerprint density at radius 1 is 1.56 bits per heavy atom. The molecule has 2 rings (SSSR count). The van der Waals surface area contributed by atoms with E-state index in [9.17, 15) is 0 Å². The highest BCUT2D eigenvalue weighted by molar-refractivity contribution is 9.10. The van der Waals surface area contributed by atoms with Crippen LogP contribution >= 0.6 is 15.9 Å². The summed E-state index contributed by atoms with van der Waals surface area (Å²) in [6, 6.07) is 4.02. The summed E-state index contributed by atoms with van der Waals surface area (Å²) >= 11 is 3.44. The molecule has 1 N–H and O–H groups in total. The number of hydrogen-bond acceptors (Lipinski definition) is 3. The van der Waals surface area contributed by atoms with Crippen molar-refractivity contribution in [3.8, 4) is 0 Å². The third-order valence-electron chi connectivity index (χ3n) is 2.82. The fraction of sp³-hybridized carbons (Fsp3) is 0.583. The van der Waals surface area contributed by atoms with Crippen molar-refractivity contribution in [3.63, 3.8) is 0 Å². The van der Waals surface area contributed by atoms with Gasteiger partial charge < -0.3 is 10.1 Å². The summed E-state index contributed by atoms with van der Waals surface area (Å²) in [6.07, 6.45) is 3.93. The fourth-order valence-corrected chi connectivity index (χ4v) is 2.10. The zero-order valence-corrected chi connectivity index (χ0v) is 11.1. The first-order valence-electron chi connectivity index (χ1n) is 5.74. The molecule has 0 aliphatic carbocycles. The Labute approximate surface area is 105 Å². The Morgan fingerprint density at radius 2 is 2.44 bits per heavy atom. The van der Waals surface area contributed by atoms with E-state index in [-0.39, 0.29) is 0 Å². The fourth-order valence-electron chi connectivity index (χ4n) is 1.88. The lowest BCUT2D eigenvalue weighted by Crippen LogP contribution is -2.13. The first-order valence-corrected chi connectivity index (χ1v) is 6.53. The van der Waals surface area contributed by atoms with Gasteiger partial charge in [-0.3, -0.25) is 0 Å². The van der Waals surface area contributed by atoms with Crippen LogP contribution < -0.4 is 5.32 Å². The highest BCUT2D eigenvalue weighted by Crippen LogP contribution is 2.17. The molecule has 1 aromatic heterocycles. The third-order valence-corrected chi connectivity index (χ3v) is 3.66. The largest absolute Gasteiger partial charge is 0.378 e. The predicted octanol–water partition coefficient (Wildman–Crippen LogP) is 3.13. The third kappa shape index (κ3) is 3.19. The maximum Gasteiger partial charge on any atom is 0.126 e. The molecule has 4 heteroatoms. The van der Waals surface area contributed by atoms with E-state index in [1.54, 1.807) is 0 Å². The minimum atomic E-state index is 0.448. The van der Waals surface area contributed by atoms with Gasteiger partial charge in [-0.1, -0.05) is 0 Å². The second-order valence-corrected chi connectivity index (χ2v) is 4.97. The summed E-state index contributed by atoms with van der Waals surface area (Å²) in [6.45, 7) is 3.86. The molecule has 1 fully saturated rings. The minimum Gasteiger partial charge on any atom is -0.378 e. The van der Waals surface area contributed by atoms with Crippen molar-refractivity contribution < 1.29 is 4.74 Å². The van der Waals surface area contributed by atoms with Crippen LogP contribution in [0.2, 0.25) is 0 Å². The number of anilines is 1. The van der Waals surface area contributed by atoms with Gasteiger partial charge >= 0.3 is 0 Å². The summed E-state index contributed by atoms with van der Waals surface area (Å²) in [5.41, 5.74) is 1.02. The SMILES string of the molecule is Cc1nc(NCCC2CCCO2)ccc1Br. The van der Waals surface area contributed by atoms with Crippen LogP contribution in [0.3, 0.4) is 0 Å². The number of aromatic nitrogens is 1. The van der Waals surface area contributed by atoms with Gasteiger partial charge in [0.15, 0.2) is 0 Å². The van der Waals surface area contributed by atoms with Crippen LogP contribution in [0, 0.1) is 6.92 Å². The Kier molecular flexibility index (Phi) is 4.18. The Balaban J connectivity index is 1.78. The van der Waals surface area contributed by atoms with Gasteiger partial charge in [-0.05, 0) is 54.2 Å². The predicted molar refractivity (Wildman–Crippen MR) is 68.8 cm³/mol. The molecule has 0 saturated carbocycles. The topological polar surface area (TPSA) is 34.2 Å². The lowest BCUT2D eigenvalue weighted by atomic mass is 10.2. The summed E-state index contributed by atoms with van der Waals surface area (Å²) < 4.78 is 6.62. The van der Waals surface area contributed by atoms with Crippen molar-refractivity contribution in [2.45, 2.75) is 32.3 Å². The zero-order chi connectivity index (χ0) is 11.4. The lowest BCUT2D eigenvalue weighted by Gasteiger charge is -2.11. The van der Waals surface area contributed by atoms with E-state index in [4.69, 9.17) is 4.74 Å². The van der Waals surface area contributed by atoms with E-state index in [1.165, 1.54) is 12.8 Å². The van der Waals surface area contributed by atoms with Gasteiger partial charge in [0.25, 0.3) is 0 Å². The second kappa shape index (κ2) is 5.64. The number of nitrogens with zero attached hydrogens (tertiary/aromatic N) is 1. The first kappa shape index (κ1) is 11.9. The molecule has 1 atom stereocenters. The molecule has 1 aliphatic heterocycles. The molecule has 1 saturated heterocycles. The number of aryl methyl sites for hydroxylation is 1. The zero-order valence-electron chi connectivity index (χ0n) is 9.50. The molecule has 2 heterocycles. The molecule has 88 valence electrons. The van der Waals surface area contributed by atoms with Crippen molar-refractivity contribution in [2.24, 2.45) is 0 Å². The van der Waals surface area contributed by atoms with Gasteiger partial charge in [-0.2, -0.15) is 0 Å². The first-order chi connectivity index (χ1) is 7.75. The molecule has 1 aromatic rings. The van der Waals surface area contributed by atoms with Crippen molar-refractivity contribution in [1.29, 1.82) is 0 Å². The average Bonchev–Trinajstić information content (AvgIpc) is 2.76. The van der Waals surface area contributed by atoms with Gasteiger partial charge in [0, 0.05) is 17.6 Å². The molecule has 0 aromatic carbocycles. The Bertz CT molecular complexity index is 351. The smallest absolute Gasteiger partial charge is 0.126 e. The van der Waals surface area contributed by atoms with Crippen molar-refractivity contribution >= 4 is 21.7 Å². The summed E-state index contributed by atoms with van der Waals surface area (Å²) in [4.78, 5) is 4.44. The summed E-state index contributed by atoms with van der Waals surface area (Å²) in [7, 11) is 0. The standard InChI is InChI=1S/C12H17BrN2O/c1-9-11(13)4-5-12(15-9)14-7-6-10-3-2-8-16-10/h4-5,10H,2-3,6-8H2,1H3,(H,14,15). The maximum atomic E-state index is 5.57. The van der Waals surface area contributed by atoms with Crippen LogP contribution in [-0.2, 0) is 4.74 Å². The number of nitrogens with one attached hydrogen (secondary N) is 1. The number of ether oxygens (including phenoxy) is 1. The normalized spacial score (nSPS) is 20.0. The maximum absolute atomic E-state index is 5.57. The number of hydrogen-bond donors (Lipinski definition) is 1. The van der Waals surface area contributed by atoms with Gasteiger partial charge in [0.05, 0.1) is 11.8 Å². The Morgan fingerprint density at radius 3 is 3.12 bits per heavy atom. The van der Waals surface area contributed by atoms with Crippen LogP contribution in [0.5, 0.6) is 0 Å². The summed E-state index contributed by atoms with van der Waals surface area (Å²) in [5, 5.41) is 3.33. The minimum absolute atomic E-state index is 0.448. The van der Waals surface area contributed by atoms with Crippen molar-refractivity contribution in [3.05, 3.63) is 22.3 Å². The average molecular weight is 285 g/mol. The van der Waals surface area contributed by atoms with E-state index in [0.717, 1.165) is 35.6 Å². The molecular formula is C12H17BrN2O. The molecule has 0 radical (unpaired) electrons. The molecule has 3 nitrogen and oxygen atoms in total. The number of halogens is 1.